The standard InChI is InChI=1S/C25H26O4/c1-14(2)5-6-16-20(26)8-7-17-23(16)27-13-19-18-11-15-9-10-25(3,4)29-21(15)12-22(18)28-24(17)19/h5,7-12,19,24,26H,6,13H2,1-4H3/t19-,24+/m1/s1. The summed E-state index contributed by atoms with van der Waals surface area (Å²) in [6.45, 7) is 8.74. The van der Waals surface area contributed by atoms with Gasteiger partial charge in [0.2, 0.25) is 0 Å². The van der Waals surface area contributed by atoms with Gasteiger partial charge in [-0.05, 0) is 58.4 Å². The number of phenolic OH excluding ortho intramolecular Hbond substituents is 1. The molecule has 0 saturated heterocycles. The quantitative estimate of drug-likeness (QED) is 0.669. The highest BCUT2D eigenvalue weighted by Gasteiger charge is 2.42. The number of hydrogen-bond donors (Lipinski definition) is 1. The van der Waals surface area contributed by atoms with Gasteiger partial charge in [0.05, 0.1) is 12.5 Å². The predicted molar refractivity (Wildman–Crippen MR) is 113 cm³/mol. The van der Waals surface area contributed by atoms with Crippen molar-refractivity contribution < 1.29 is 19.3 Å². The average molecular weight is 390 g/mol. The van der Waals surface area contributed by atoms with E-state index in [-0.39, 0.29) is 23.4 Å². The van der Waals surface area contributed by atoms with Gasteiger partial charge in [-0.25, -0.2) is 0 Å². The number of phenols is 1. The van der Waals surface area contributed by atoms with Gasteiger partial charge >= 0.3 is 0 Å². The molecule has 5 rings (SSSR count). The molecule has 4 nitrogen and oxygen atoms in total. The van der Waals surface area contributed by atoms with E-state index in [0.29, 0.717) is 13.0 Å². The Morgan fingerprint density at radius 1 is 1.17 bits per heavy atom. The molecule has 0 spiro atoms. The van der Waals surface area contributed by atoms with E-state index in [1.54, 1.807) is 6.07 Å². The van der Waals surface area contributed by atoms with E-state index in [1.807, 2.05) is 26.0 Å². The van der Waals surface area contributed by atoms with Crippen molar-refractivity contribution in [2.45, 2.75) is 51.7 Å². The van der Waals surface area contributed by atoms with Crippen LogP contribution in [0.15, 0.2) is 42.0 Å². The number of benzene rings is 2. The van der Waals surface area contributed by atoms with Crippen molar-refractivity contribution in [2.24, 2.45) is 0 Å². The summed E-state index contributed by atoms with van der Waals surface area (Å²) in [6.07, 6.45) is 6.85. The van der Waals surface area contributed by atoms with Gasteiger partial charge in [-0.3, -0.25) is 0 Å². The first-order valence-corrected chi connectivity index (χ1v) is 10.2. The lowest BCUT2D eigenvalue weighted by atomic mass is 9.86. The summed E-state index contributed by atoms with van der Waals surface area (Å²) in [7, 11) is 0. The zero-order valence-corrected chi connectivity index (χ0v) is 17.3. The number of ether oxygens (including phenoxy) is 3. The molecule has 3 aliphatic rings. The van der Waals surface area contributed by atoms with Crippen LogP contribution in [0.4, 0.5) is 0 Å². The van der Waals surface area contributed by atoms with E-state index in [9.17, 15) is 5.11 Å². The van der Waals surface area contributed by atoms with Gasteiger partial charge in [0, 0.05) is 28.3 Å². The monoisotopic (exact) mass is 390 g/mol. The minimum absolute atomic E-state index is 0.111. The first-order valence-electron chi connectivity index (χ1n) is 10.2. The van der Waals surface area contributed by atoms with Crippen molar-refractivity contribution in [3.05, 3.63) is 64.2 Å². The predicted octanol–water partition coefficient (Wildman–Crippen LogP) is 5.69. The molecule has 4 heteroatoms. The minimum Gasteiger partial charge on any atom is -0.508 e. The second kappa shape index (κ2) is 6.31. The maximum absolute atomic E-state index is 10.4. The van der Waals surface area contributed by atoms with Crippen LogP contribution in [0.1, 0.15) is 62.0 Å². The highest BCUT2D eigenvalue weighted by atomic mass is 16.5. The van der Waals surface area contributed by atoms with Crippen molar-refractivity contribution in [2.75, 3.05) is 6.61 Å². The van der Waals surface area contributed by atoms with E-state index in [4.69, 9.17) is 14.2 Å². The third kappa shape index (κ3) is 2.98. The maximum Gasteiger partial charge on any atom is 0.138 e. The van der Waals surface area contributed by atoms with E-state index in [0.717, 1.165) is 39.5 Å². The molecule has 0 unspecified atom stereocenters. The molecule has 0 saturated carbocycles. The Morgan fingerprint density at radius 2 is 2.00 bits per heavy atom. The lowest BCUT2D eigenvalue weighted by molar-refractivity contribution is 0.137. The van der Waals surface area contributed by atoms with Gasteiger partial charge in [-0.1, -0.05) is 17.7 Å². The topological polar surface area (TPSA) is 47.9 Å². The zero-order valence-electron chi connectivity index (χ0n) is 17.3. The van der Waals surface area contributed by atoms with E-state index in [2.05, 4.69) is 38.1 Å². The molecule has 0 radical (unpaired) electrons. The summed E-state index contributed by atoms with van der Waals surface area (Å²) in [5.74, 6) is 2.88. The average Bonchev–Trinajstić information content (AvgIpc) is 3.02. The number of rotatable bonds is 2. The molecule has 0 aliphatic carbocycles. The summed E-state index contributed by atoms with van der Waals surface area (Å²) in [5, 5.41) is 10.4. The first-order chi connectivity index (χ1) is 13.8. The molecule has 2 atom stereocenters. The normalized spacial score (nSPS) is 22.2. The van der Waals surface area contributed by atoms with E-state index >= 15 is 0 Å². The van der Waals surface area contributed by atoms with Crippen LogP contribution >= 0.6 is 0 Å². The van der Waals surface area contributed by atoms with Crippen LogP contribution in [-0.4, -0.2) is 17.3 Å². The number of hydrogen-bond acceptors (Lipinski definition) is 4. The summed E-state index contributed by atoms with van der Waals surface area (Å²) < 4.78 is 18.7. The smallest absolute Gasteiger partial charge is 0.138 e. The van der Waals surface area contributed by atoms with E-state index in [1.165, 1.54) is 5.57 Å². The minimum atomic E-state index is -0.320. The van der Waals surface area contributed by atoms with Gasteiger partial charge in [-0.15, -0.1) is 0 Å². The Bertz CT molecular complexity index is 1060. The highest BCUT2D eigenvalue weighted by Crippen LogP contribution is 2.54. The van der Waals surface area contributed by atoms with Crippen LogP contribution < -0.4 is 14.2 Å². The van der Waals surface area contributed by atoms with Crippen molar-refractivity contribution in [1.82, 2.24) is 0 Å². The Hall–Kier alpha value is -2.88. The van der Waals surface area contributed by atoms with Crippen LogP contribution in [0, 0.1) is 0 Å². The fourth-order valence-corrected chi connectivity index (χ4v) is 4.36. The Balaban J connectivity index is 1.54. The fraction of sp³-hybridized carbons (Fsp3) is 0.360. The fourth-order valence-electron chi connectivity index (χ4n) is 4.36. The van der Waals surface area contributed by atoms with E-state index < -0.39 is 0 Å². The first kappa shape index (κ1) is 18.2. The summed E-state index contributed by atoms with van der Waals surface area (Å²) in [4.78, 5) is 0. The SMILES string of the molecule is CC(C)=CCc1c(O)ccc2c1OC[C@@H]1c3cc4c(cc3O[C@@H]21)OC(C)(C)C=C4. The van der Waals surface area contributed by atoms with Gasteiger partial charge < -0.3 is 19.3 Å². The Morgan fingerprint density at radius 3 is 2.79 bits per heavy atom. The molecule has 1 N–H and O–H groups in total. The lowest BCUT2D eigenvalue weighted by Crippen LogP contribution is -2.27. The summed E-state index contributed by atoms with van der Waals surface area (Å²) in [6, 6.07) is 7.86. The molecule has 0 amide bonds. The molecular weight excluding hydrogens is 364 g/mol. The molecule has 29 heavy (non-hydrogen) atoms. The molecule has 0 aromatic heterocycles. The van der Waals surface area contributed by atoms with Crippen LogP contribution in [-0.2, 0) is 6.42 Å². The summed E-state index contributed by atoms with van der Waals surface area (Å²) >= 11 is 0. The second-order valence-corrected chi connectivity index (χ2v) is 8.89. The second-order valence-electron chi connectivity index (χ2n) is 8.89. The Labute approximate surface area is 171 Å². The highest BCUT2D eigenvalue weighted by molar-refractivity contribution is 5.66. The molecule has 0 fully saturated rings. The lowest BCUT2D eigenvalue weighted by Gasteiger charge is -2.30. The Kier molecular flexibility index (Phi) is 3.95. The van der Waals surface area contributed by atoms with Gasteiger partial charge in [0.25, 0.3) is 0 Å². The molecular formula is C25H26O4. The molecule has 2 aromatic carbocycles. The third-order valence-corrected chi connectivity index (χ3v) is 5.89. The molecule has 3 heterocycles. The van der Waals surface area contributed by atoms with Crippen LogP contribution in [0.5, 0.6) is 23.0 Å². The van der Waals surface area contributed by atoms with Crippen molar-refractivity contribution in [3.8, 4) is 23.0 Å². The van der Waals surface area contributed by atoms with Crippen LogP contribution in [0.25, 0.3) is 6.08 Å². The van der Waals surface area contributed by atoms with Gasteiger partial charge in [0.15, 0.2) is 0 Å². The maximum atomic E-state index is 10.4. The zero-order chi connectivity index (χ0) is 20.3. The van der Waals surface area contributed by atoms with Gasteiger partial charge in [-0.2, -0.15) is 0 Å². The number of aromatic hydroxyl groups is 1. The number of allylic oxidation sites excluding steroid dienone is 2. The van der Waals surface area contributed by atoms with Crippen LogP contribution in [0.2, 0.25) is 0 Å². The number of fused-ring (bicyclic) bond motifs is 6. The molecule has 3 aliphatic heterocycles. The van der Waals surface area contributed by atoms with Crippen LogP contribution in [0.3, 0.4) is 0 Å². The van der Waals surface area contributed by atoms with Crippen molar-refractivity contribution in [3.63, 3.8) is 0 Å². The van der Waals surface area contributed by atoms with Gasteiger partial charge in [0.1, 0.15) is 34.7 Å². The molecule has 0 bridgehead atoms. The van der Waals surface area contributed by atoms with Crippen molar-refractivity contribution in [1.29, 1.82) is 0 Å². The third-order valence-electron chi connectivity index (χ3n) is 5.89. The molecule has 2 aromatic rings. The largest absolute Gasteiger partial charge is 0.508 e. The molecule has 150 valence electrons. The summed E-state index contributed by atoms with van der Waals surface area (Å²) in [5.41, 5.74) is 4.96. The van der Waals surface area contributed by atoms with Crippen molar-refractivity contribution >= 4 is 6.08 Å².